The molecule has 2 aromatic heterocycles. The molecular weight excluding hydrogens is 272 g/mol. The Morgan fingerprint density at radius 3 is 2.68 bits per heavy atom. The molecule has 0 fully saturated rings. The van der Waals surface area contributed by atoms with Gasteiger partial charge in [0.15, 0.2) is 5.65 Å². The number of rotatable bonds is 7. The molecule has 0 N–H and O–H groups in total. The highest BCUT2D eigenvalue weighted by molar-refractivity contribution is 5.60. The van der Waals surface area contributed by atoms with Crippen LogP contribution in [0.5, 0.6) is 0 Å². The lowest BCUT2D eigenvalue weighted by atomic mass is 10.1. The van der Waals surface area contributed by atoms with E-state index in [4.69, 9.17) is 4.98 Å². The standard InChI is InChI=1S/C18H28N4/c1-4-5-6-7-8-9-11-21-12-10-16-15(3)19-17-13-14(2)20-22(17)18(16)21/h13H,4-12H2,1-3H3. The average Bonchev–Trinajstić information content (AvgIpc) is 3.06. The van der Waals surface area contributed by atoms with E-state index in [0.717, 1.165) is 30.9 Å². The molecule has 0 spiro atoms. The van der Waals surface area contributed by atoms with Crippen LogP contribution in [0.25, 0.3) is 5.65 Å². The van der Waals surface area contributed by atoms with Gasteiger partial charge in [0.05, 0.1) is 5.69 Å². The van der Waals surface area contributed by atoms with Crippen LogP contribution >= 0.6 is 0 Å². The monoisotopic (exact) mass is 300 g/mol. The second-order valence-corrected chi connectivity index (χ2v) is 6.56. The number of unbranched alkanes of at least 4 members (excludes halogenated alkanes) is 5. The fourth-order valence-corrected chi connectivity index (χ4v) is 3.52. The Labute approximate surface area is 133 Å². The van der Waals surface area contributed by atoms with Crippen LogP contribution in [0.1, 0.15) is 62.4 Å². The summed E-state index contributed by atoms with van der Waals surface area (Å²) >= 11 is 0. The summed E-state index contributed by atoms with van der Waals surface area (Å²) in [6.07, 6.45) is 9.20. The van der Waals surface area contributed by atoms with Gasteiger partial charge in [0, 0.05) is 30.4 Å². The zero-order valence-corrected chi connectivity index (χ0v) is 14.2. The van der Waals surface area contributed by atoms with E-state index >= 15 is 0 Å². The molecule has 0 aliphatic carbocycles. The molecule has 0 saturated heterocycles. The number of hydrogen-bond acceptors (Lipinski definition) is 3. The first-order valence-corrected chi connectivity index (χ1v) is 8.81. The lowest BCUT2D eigenvalue weighted by Gasteiger charge is -2.20. The van der Waals surface area contributed by atoms with E-state index in [0.29, 0.717) is 0 Å². The molecule has 22 heavy (non-hydrogen) atoms. The van der Waals surface area contributed by atoms with Crippen LogP contribution in [-0.4, -0.2) is 27.7 Å². The summed E-state index contributed by atoms with van der Waals surface area (Å²) in [5, 5.41) is 4.66. The quantitative estimate of drug-likeness (QED) is 0.723. The van der Waals surface area contributed by atoms with E-state index in [1.54, 1.807) is 0 Å². The third-order valence-electron chi connectivity index (χ3n) is 4.72. The zero-order valence-electron chi connectivity index (χ0n) is 14.2. The minimum atomic E-state index is 0.989. The van der Waals surface area contributed by atoms with E-state index in [1.807, 2.05) is 6.92 Å². The molecule has 1 aliphatic rings. The van der Waals surface area contributed by atoms with Crippen molar-refractivity contribution in [3.63, 3.8) is 0 Å². The van der Waals surface area contributed by atoms with Gasteiger partial charge in [0.1, 0.15) is 5.82 Å². The van der Waals surface area contributed by atoms with Crippen molar-refractivity contribution in [2.24, 2.45) is 0 Å². The van der Waals surface area contributed by atoms with Gasteiger partial charge in [0.25, 0.3) is 0 Å². The van der Waals surface area contributed by atoms with Crippen LogP contribution in [0.3, 0.4) is 0 Å². The Morgan fingerprint density at radius 2 is 1.86 bits per heavy atom. The van der Waals surface area contributed by atoms with Gasteiger partial charge in [0.2, 0.25) is 0 Å². The van der Waals surface area contributed by atoms with Gasteiger partial charge >= 0.3 is 0 Å². The highest BCUT2D eigenvalue weighted by Crippen LogP contribution is 2.30. The molecule has 0 radical (unpaired) electrons. The van der Waals surface area contributed by atoms with Crippen molar-refractivity contribution >= 4 is 11.5 Å². The van der Waals surface area contributed by atoms with Crippen molar-refractivity contribution in [1.82, 2.24) is 14.6 Å². The van der Waals surface area contributed by atoms with Gasteiger partial charge in [-0.05, 0) is 26.7 Å². The topological polar surface area (TPSA) is 33.4 Å². The molecule has 1 aliphatic heterocycles. The molecule has 4 heteroatoms. The maximum Gasteiger partial charge on any atom is 0.157 e. The van der Waals surface area contributed by atoms with Crippen molar-refractivity contribution in [1.29, 1.82) is 0 Å². The first kappa shape index (κ1) is 15.3. The van der Waals surface area contributed by atoms with E-state index in [9.17, 15) is 0 Å². The highest BCUT2D eigenvalue weighted by atomic mass is 15.4. The van der Waals surface area contributed by atoms with Gasteiger partial charge in [-0.1, -0.05) is 39.0 Å². The maximum atomic E-state index is 4.71. The zero-order chi connectivity index (χ0) is 15.5. The number of nitrogens with zero attached hydrogens (tertiary/aromatic N) is 4. The minimum Gasteiger partial charge on any atom is -0.356 e. The second-order valence-electron chi connectivity index (χ2n) is 6.56. The summed E-state index contributed by atoms with van der Waals surface area (Å²) in [5.74, 6) is 1.30. The van der Waals surface area contributed by atoms with E-state index in [-0.39, 0.29) is 0 Å². The molecule has 4 nitrogen and oxygen atoms in total. The van der Waals surface area contributed by atoms with Crippen LogP contribution in [0, 0.1) is 13.8 Å². The Balaban J connectivity index is 1.70. The van der Waals surface area contributed by atoms with E-state index < -0.39 is 0 Å². The summed E-state index contributed by atoms with van der Waals surface area (Å²) in [5.41, 5.74) is 4.60. The maximum absolute atomic E-state index is 4.71. The number of anilines is 1. The molecule has 3 heterocycles. The second kappa shape index (κ2) is 6.67. The molecule has 0 amide bonds. The van der Waals surface area contributed by atoms with Crippen LogP contribution in [-0.2, 0) is 6.42 Å². The van der Waals surface area contributed by atoms with Crippen LogP contribution < -0.4 is 4.90 Å². The van der Waals surface area contributed by atoms with Crippen molar-refractivity contribution in [2.75, 3.05) is 18.0 Å². The molecule has 0 saturated carbocycles. The molecule has 3 rings (SSSR count). The number of hydrogen-bond donors (Lipinski definition) is 0. The van der Waals surface area contributed by atoms with Gasteiger partial charge in [-0.25, -0.2) is 4.98 Å². The Kier molecular flexibility index (Phi) is 4.65. The average molecular weight is 300 g/mol. The normalized spacial score (nSPS) is 14.0. The summed E-state index contributed by atoms with van der Waals surface area (Å²) in [6.45, 7) is 8.72. The number of fused-ring (bicyclic) bond motifs is 3. The predicted molar refractivity (Wildman–Crippen MR) is 91.8 cm³/mol. The van der Waals surface area contributed by atoms with Crippen LogP contribution in [0.15, 0.2) is 6.07 Å². The summed E-state index contributed by atoms with van der Waals surface area (Å²) in [4.78, 5) is 7.22. The van der Waals surface area contributed by atoms with E-state index in [2.05, 4.69) is 34.4 Å². The fourth-order valence-electron chi connectivity index (χ4n) is 3.52. The molecular formula is C18H28N4. The lowest BCUT2D eigenvalue weighted by molar-refractivity contribution is 0.599. The molecule has 0 aromatic carbocycles. The number of aromatic nitrogens is 3. The van der Waals surface area contributed by atoms with Crippen molar-refractivity contribution in [3.05, 3.63) is 23.0 Å². The third-order valence-corrected chi connectivity index (χ3v) is 4.72. The number of aryl methyl sites for hydroxylation is 2. The smallest absolute Gasteiger partial charge is 0.157 e. The van der Waals surface area contributed by atoms with Crippen LogP contribution in [0.4, 0.5) is 5.82 Å². The lowest BCUT2D eigenvalue weighted by Crippen LogP contribution is -2.24. The first-order chi connectivity index (χ1) is 10.7. The molecule has 0 atom stereocenters. The molecule has 2 aromatic rings. The Hall–Kier alpha value is -1.58. The van der Waals surface area contributed by atoms with E-state index in [1.165, 1.54) is 55.6 Å². The summed E-state index contributed by atoms with van der Waals surface area (Å²) < 4.78 is 2.06. The van der Waals surface area contributed by atoms with Crippen LogP contribution in [0.2, 0.25) is 0 Å². The molecule has 0 bridgehead atoms. The Morgan fingerprint density at radius 1 is 1.09 bits per heavy atom. The molecule has 0 unspecified atom stereocenters. The third kappa shape index (κ3) is 2.96. The summed E-state index contributed by atoms with van der Waals surface area (Å²) in [6, 6.07) is 2.08. The SMILES string of the molecule is CCCCCCCCN1CCc2c(C)nc3cc(C)nn3c21. The van der Waals surface area contributed by atoms with Gasteiger partial charge < -0.3 is 4.90 Å². The first-order valence-electron chi connectivity index (χ1n) is 8.81. The fraction of sp³-hybridized carbons (Fsp3) is 0.667. The van der Waals surface area contributed by atoms with Gasteiger partial charge in [-0.3, -0.25) is 0 Å². The highest BCUT2D eigenvalue weighted by Gasteiger charge is 2.25. The van der Waals surface area contributed by atoms with Crippen molar-refractivity contribution < 1.29 is 0 Å². The van der Waals surface area contributed by atoms with Gasteiger partial charge in [-0.15, -0.1) is 0 Å². The summed E-state index contributed by atoms with van der Waals surface area (Å²) in [7, 11) is 0. The van der Waals surface area contributed by atoms with Gasteiger partial charge in [-0.2, -0.15) is 9.61 Å². The molecule has 120 valence electrons. The van der Waals surface area contributed by atoms with Crippen molar-refractivity contribution in [3.8, 4) is 0 Å². The Bertz CT molecular complexity index is 644. The predicted octanol–water partition coefficient (Wildman–Crippen LogP) is 4.07. The van der Waals surface area contributed by atoms with Crippen molar-refractivity contribution in [2.45, 2.75) is 65.7 Å². The minimum absolute atomic E-state index is 0.989. The largest absolute Gasteiger partial charge is 0.356 e.